The number of carbonyl (C=O) groups excluding carboxylic acids is 3. The minimum atomic E-state index is -0.989. The molecule has 2 aromatic rings. The Bertz CT molecular complexity index is 872. The Hall–Kier alpha value is -2.51. The van der Waals surface area contributed by atoms with E-state index in [4.69, 9.17) is 16.3 Å². The molecule has 3 rings (SSSR count). The molecule has 1 aliphatic rings. The van der Waals surface area contributed by atoms with Crippen LogP contribution in [0.5, 0.6) is 0 Å². The van der Waals surface area contributed by atoms with Crippen LogP contribution in [0, 0.1) is 0 Å². The van der Waals surface area contributed by atoms with Gasteiger partial charge in [0.15, 0.2) is 6.10 Å². The summed E-state index contributed by atoms with van der Waals surface area (Å²) in [4.78, 5) is 37.4. The van der Waals surface area contributed by atoms with Gasteiger partial charge in [-0.05, 0) is 43.3 Å². The summed E-state index contributed by atoms with van der Waals surface area (Å²) < 4.78 is 5.18. The van der Waals surface area contributed by atoms with Crippen molar-refractivity contribution in [3.8, 4) is 0 Å². The van der Waals surface area contributed by atoms with Crippen molar-refractivity contribution in [2.75, 3.05) is 10.6 Å². The van der Waals surface area contributed by atoms with Crippen LogP contribution >= 0.6 is 23.4 Å². The van der Waals surface area contributed by atoms with E-state index in [-0.39, 0.29) is 12.3 Å². The largest absolute Gasteiger partial charge is 0.452 e. The minimum absolute atomic E-state index is 0.122. The van der Waals surface area contributed by atoms with Gasteiger partial charge in [-0.3, -0.25) is 14.4 Å². The highest BCUT2D eigenvalue weighted by Gasteiger charge is 2.30. The molecule has 0 spiro atoms. The average Bonchev–Trinajstić information content (AvgIpc) is 2.64. The van der Waals surface area contributed by atoms with Gasteiger partial charge >= 0.3 is 5.97 Å². The molecule has 0 aliphatic carbocycles. The summed E-state index contributed by atoms with van der Waals surface area (Å²) in [6.07, 6.45) is -1.11. The Morgan fingerprint density at radius 3 is 2.67 bits per heavy atom. The quantitative estimate of drug-likeness (QED) is 0.742. The minimum Gasteiger partial charge on any atom is -0.452 e. The van der Waals surface area contributed by atoms with Crippen molar-refractivity contribution in [1.29, 1.82) is 0 Å². The zero-order valence-corrected chi connectivity index (χ0v) is 16.0. The Balaban J connectivity index is 1.53. The van der Waals surface area contributed by atoms with Crippen molar-refractivity contribution in [2.45, 2.75) is 29.6 Å². The third-order valence-corrected chi connectivity index (χ3v) is 5.38. The van der Waals surface area contributed by atoms with Gasteiger partial charge in [0.25, 0.3) is 5.91 Å². The Kier molecular flexibility index (Phi) is 6.03. The summed E-state index contributed by atoms with van der Waals surface area (Å²) in [5, 5.41) is 5.37. The highest BCUT2D eigenvalue weighted by atomic mass is 35.5. The van der Waals surface area contributed by atoms with Crippen LogP contribution in [-0.4, -0.2) is 29.1 Å². The van der Waals surface area contributed by atoms with E-state index >= 15 is 0 Å². The van der Waals surface area contributed by atoms with Crippen molar-refractivity contribution in [3.05, 3.63) is 53.6 Å². The van der Waals surface area contributed by atoms with Gasteiger partial charge in [-0.2, -0.15) is 0 Å². The molecule has 2 atom stereocenters. The van der Waals surface area contributed by atoms with Gasteiger partial charge in [0.2, 0.25) is 5.91 Å². The van der Waals surface area contributed by atoms with E-state index in [1.807, 2.05) is 18.2 Å². The second-order valence-electron chi connectivity index (χ2n) is 5.92. The zero-order chi connectivity index (χ0) is 19.4. The molecule has 0 aromatic heterocycles. The molecule has 2 N–H and O–H groups in total. The Labute approximate surface area is 165 Å². The van der Waals surface area contributed by atoms with Crippen LogP contribution in [0.15, 0.2) is 53.4 Å². The number of halogens is 1. The molecule has 0 bridgehead atoms. The molecule has 8 heteroatoms. The fourth-order valence-electron chi connectivity index (χ4n) is 2.45. The number of rotatable bonds is 5. The maximum Gasteiger partial charge on any atom is 0.308 e. The van der Waals surface area contributed by atoms with E-state index in [9.17, 15) is 14.4 Å². The maximum absolute atomic E-state index is 12.2. The SMILES string of the molecule is CC(OC(=O)CC1Sc2ccccc2NC1=O)C(=O)Nc1ccc(Cl)cc1. The molecule has 0 radical (unpaired) electrons. The van der Waals surface area contributed by atoms with Crippen molar-refractivity contribution in [3.63, 3.8) is 0 Å². The number of hydrogen-bond acceptors (Lipinski definition) is 5. The molecule has 2 unspecified atom stereocenters. The van der Waals surface area contributed by atoms with Gasteiger partial charge in [0.05, 0.1) is 17.4 Å². The lowest BCUT2D eigenvalue weighted by Gasteiger charge is -2.23. The van der Waals surface area contributed by atoms with Crippen LogP contribution in [0.1, 0.15) is 13.3 Å². The summed E-state index contributed by atoms with van der Waals surface area (Å²) in [7, 11) is 0. The van der Waals surface area contributed by atoms with Gasteiger partial charge in [-0.15, -0.1) is 11.8 Å². The third-order valence-electron chi connectivity index (χ3n) is 3.85. The van der Waals surface area contributed by atoms with E-state index in [2.05, 4.69) is 10.6 Å². The first-order chi connectivity index (χ1) is 12.9. The lowest BCUT2D eigenvalue weighted by Crippen LogP contribution is -2.34. The van der Waals surface area contributed by atoms with E-state index < -0.39 is 23.2 Å². The third kappa shape index (κ3) is 5.02. The number of benzene rings is 2. The van der Waals surface area contributed by atoms with Crippen LogP contribution in [0.4, 0.5) is 11.4 Å². The number of ether oxygens (including phenoxy) is 1. The number of hydrogen-bond donors (Lipinski definition) is 2. The summed E-state index contributed by atoms with van der Waals surface area (Å²) >= 11 is 7.11. The lowest BCUT2D eigenvalue weighted by molar-refractivity contribution is -0.153. The normalized spacial score (nSPS) is 16.7. The van der Waals surface area contributed by atoms with Crippen LogP contribution in [0.2, 0.25) is 5.02 Å². The van der Waals surface area contributed by atoms with Crippen molar-refractivity contribution in [1.82, 2.24) is 0 Å². The van der Waals surface area contributed by atoms with Crippen molar-refractivity contribution < 1.29 is 19.1 Å². The number of para-hydroxylation sites is 1. The molecule has 2 amide bonds. The number of esters is 1. The van der Waals surface area contributed by atoms with Gasteiger partial charge in [-0.25, -0.2) is 0 Å². The zero-order valence-electron chi connectivity index (χ0n) is 14.4. The molecule has 0 fully saturated rings. The summed E-state index contributed by atoms with van der Waals surface area (Å²) in [5.41, 5.74) is 1.28. The van der Waals surface area contributed by atoms with Crippen LogP contribution in [-0.2, 0) is 19.1 Å². The van der Waals surface area contributed by atoms with E-state index in [1.54, 1.807) is 30.3 Å². The predicted molar refractivity (Wildman–Crippen MR) is 105 cm³/mol. The number of anilines is 2. The topological polar surface area (TPSA) is 84.5 Å². The lowest BCUT2D eigenvalue weighted by atomic mass is 10.2. The van der Waals surface area contributed by atoms with E-state index in [0.29, 0.717) is 10.7 Å². The maximum atomic E-state index is 12.2. The van der Waals surface area contributed by atoms with Gasteiger partial charge in [0, 0.05) is 15.6 Å². The predicted octanol–water partition coefficient (Wildman–Crippen LogP) is 3.71. The molecule has 27 heavy (non-hydrogen) atoms. The monoisotopic (exact) mass is 404 g/mol. The first-order valence-corrected chi connectivity index (χ1v) is 9.50. The smallest absolute Gasteiger partial charge is 0.308 e. The molecule has 1 aliphatic heterocycles. The van der Waals surface area contributed by atoms with Crippen molar-refractivity contribution >= 4 is 52.5 Å². The second kappa shape index (κ2) is 8.45. The first kappa shape index (κ1) is 19.3. The second-order valence-corrected chi connectivity index (χ2v) is 7.61. The van der Waals surface area contributed by atoms with Crippen molar-refractivity contribution in [2.24, 2.45) is 0 Å². The Morgan fingerprint density at radius 2 is 1.93 bits per heavy atom. The number of carbonyl (C=O) groups is 3. The standard InChI is InChI=1S/C19H17ClN2O4S/c1-11(18(24)21-13-8-6-12(20)7-9-13)26-17(23)10-16-19(25)22-14-4-2-3-5-15(14)27-16/h2-9,11,16H,10H2,1H3,(H,21,24)(H,22,25). The number of amides is 2. The van der Waals surface area contributed by atoms with Gasteiger partial charge < -0.3 is 15.4 Å². The fourth-order valence-corrected chi connectivity index (χ4v) is 3.68. The summed E-state index contributed by atoms with van der Waals surface area (Å²) in [5.74, 6) is -1.33. The van der Waals surface area contributed by atoms with Crippen LogP contribution in [0.25, 0.3) is 0 Å². The van der Waals surface area contributed by atoms with Gasteiger partial charge in [0.1, 0.15) is 0 Å². The fraction of sp³-hybridized carbons (Fsp3) is 0.211. The van der Waals surface area contributed by atoms with Gasteiger partial charge in [-0.1, -0.05) is 23.7 Å². The summed E-state index contributed by atoms with van der Waals surface area (Å²) in [6, 6.07) is 14.0. The molecule has 1 heterocycles. The van der Waals surface area contributed by atoms with Crippen LogP contribution < -0.4 is 10.6 Å². The molecule has 6 nitrogen and oxygen atoms in total. The van der Waals surface area contributed by atoms with E-state index in [0.717, 1.165) is 10.6 Å². The number of thioether (sulfide) groups is 1. The Morgan fingerprint density at radius 1 is 1.22 bits per heavy atom. The molecule has 140 valence electrons. The number of fused-ring (bicyclic) bond motifs is 1. The highest BCUT2D eigenvalue weighted by molar-refractivity contribution is 8.01. The molecule has 0 saturated carbocycles. The highest BCUT2D eigenvalue weighted by Crippen LogP contribution is 2.36. The molecular formula is C19H17ClN2O4S. The average molecular weight is 405 g/mol. The first-order valence-electron chi connectivity index (χ1n) is 8.25. The number of nitrogens with one attached hydrogen (secondary N) is 2. The van der Waals surface area contributed by atoms with E-state index in [1.165, 1.54) is 18.7 Å². The summed E-state index contributed by atoms with van der Waals surface area (Å²) in [6.45, 7) is 1.48. The molecular weight excluding hydrogens is 388 g/mol. The van der Waals surface area contributed by atoms with Crippen LogP contribution in [0.3, 0.4) is 0 Å². The molecule has 2 aromatic carbocycles. The molecule has 0 saturated heterocycles.